The van der Waals surface area contributed by atoms with Gasteiger partial charge in [0.25, 0.3) is 0 Å². The van der Waals surface area contributed by atoms with Crippen LogP contribution in [0, 0.1) is 0 Å². The third kappa shape index (κ3) is 5.04. The van der Waals surface area contributed by atoms with Crippen molar-refractivity contribution in [3.8, 4) is 0 Å². The van der Waals surface area contributed by atoms with Crippen molar-refractivity contribution >= 4 is 16.0 Å². The molecule has 0 aliphatic carbocycles. The van der Waals surface area contributed by atoms with Gasteiger partial charge in [0.15, 0.2) is 0 Å². The number of carbonyl (C=O) groups excluding carboxylic acids is 1. The van der Waals surface area contributed by atoms with E-state index >= 15 is 0 Å². The first-order valence-electron chi connectivity index (χ1n) is 6.11. The molecule has 1 heterocycles. The minimum absolute atomic E-state index is 0.0437. The van der Waals surface area contributed by atoms with E-state index in [1.54, 1.807) is 4.31 Å². The van der Waals surface area contributed by atoms with Crippen LogP contribution >= 0.6 is 0 Å². The molecule has 0 amide bonds. The van der Waals surface area contributed by atoms with Crippen molar-refractivity contribution < 1.29 is 17.9 Å². The van der Waals surface area contributed by atoms with Crippen LogP contribution in [0.3, 0.4) is 0 Å². The highest BCUT2D eigenvalue weighted by Gasteiger charge is 2.22. The summed E-state index contributed by atoms with van der Waals surface area (Å²) in [5.41, 5.74) is 0. The standard InChI is InChI=1S/C11H21NO4S/c1-16-11(13)7-6-10-17(14,15)12-8-4-2-3-5-9-12/h2-10H2,1H3. The Kier molecular flexibility index (Phi) is 5.91. The van der Waals surface area contributed by atoms with Gasteiger partial charge >= 0.3 is 5.97 Å². The maximum Gasteiger partial charge on any atom is 0.305 e. The fourth-order valence-electron chi connectivity index (χ4n) is 1.95. The van der Waals surface area contributed by atoms with E-state index in [4.69, 9.17) is 0 Å². The van der Waals surface area contributed by atoms with Gasteiger partial charge in [-0.1, -0.05) is 12.8 Å². The molecule has 1 rings (SSSR count). The molecular formula is C11H21NO4S. The smallest absolute Gasteiger partial charge is 0.305 e. The highest BCUT2D eigenvalue weighted by Crippen LogP contribution is 2.14. The Morgan fingerprint density at radius 3 is 2.29 bits per heavy atom. The van der Waals surface area contributed by atoms with Crippen LogP contribution in [0.25, 0.3) is 0 Å². The summed E-state index contributed by atoms with van der Waals surface area (Å²) in [6.07, 6.45) is 4.60. The van der Waals surface area contributed by atoms with E-state index in [1.807, 2.05) is 0 Å². The number of sulfonamides is 1. The Balaban J connectivity index is 2.41. The van der Waals surface area contributed by atoms with E-state index in [-0.39, 0.29) is 18.1 Å². The number of ether oxygens (including phenoxy) is 1. The van der Waals surface area contributed by atoms with Crippen molar-refractivity contribution in [2.24, 2.45) is 0 Å². The van der Waals surface area contributed by atoms with Gasteiger partial charge in [0, 0.05) is 19.5 Å². The first-order valence-corrected chi connectivity index (χ1v) is 7.72. The summed E-state index contributed by atoms with van der Waals surface area (Å²) in [5, 5.41) is 0. The summed E-state index contributed by atoms with van der Waals surface area (Å²) in [6, 6.07) is 0. The molecule has 0 unspecified atom stereocenters. The topological polar surface area (TPSA) is 63.7 Å². The molecule has 17 heavy (non-hydrogen) atoms. The lowest BCUT2D eigenvalue weighted by atomic mass is 10.2. The van der Waals surface area contributed by atoms with Gasteiger partial charge in [-0.15, -0.1) is 0 Å². The highest BCUT2D eigenvalue weighted by atomic mass is 32.2. The lowest BCUT2D eigenvalue weighted by Crippen LogP contribution is -2.34. The van der Waals surface area contributed by atoms with Gasteiger partial charge in [0.1, 0.15) is 0 Å². The van der Waals surface area contributed by atoms with Crippen molar-refractivity contribution in [3.63, 3.8) is 0 Å². The second-order valence-corrected chi connectivity index (χ2v) is 6.40. The summed E-state index contributed by atoms with van der Waals surface area (Å²) in [7, 11) is -1.87. The number of carbonyl (C=O) groups is 1. The molecule has 0 spiro atoms. The summed E-state index contributed by atoms with van der Waals surface area (Å²) in [5.74, 6) is -0.307. The SMILES string of the molecule is COC(=O)CCCS(=O)(=O)N1CCCCCC1. The highest BCUT2D eigenvalue weighted by molar-refractivity contribution is 7.89. The molecule has 5 nitrogen and oxygen atoms in total. The van der Waals surface area contributed by atoms with Crippen LogP contribution in [-0.2, 0) is 19.6 Å². The normalized spacial score (nSPS) is 18.6. The van der Waals surface area contributed by atoms with Crippen LogP contribution in [0.15, 0.2) is 0 Å². The van der Waals surface area contributed by atoms with Gasteiger partial charge in [0.2, 0.25) is 10.0 Å². The summed E-state index contributed by atoms with van der Waals surface area (Å²) in [6.45, 7) is 1.25. The number of rotatable bonds is 5. The second kappa shape index (κ2) is 6.96. The molecule has 6 heteroatoms. The van der Waals surface area contributed by atoms with Crippen LogP contribution in [0.2, 0.25) is 0 Å². The lowest BCUT2D eigenvalue weighted by molar-refractivity contribution is -0.140. The van der Waals surface area contributed by atoms with E-state index in [1.165, 1.54) is 7.11 Å². The predicted octanol–water partition coefficient (Wildman–Crippen LogP) is 1.15. The zero-order valence-electron chi connectivity index (χ0n) is 10.4. The van der Waals surface area contributed by atoms with Crippen LogP contribution in [0.4, 0.5) is 0 Å². The Labute approximate surface area is 103 Å². The minimum atomic E-state index is -3.19. The molecule has 0 atom stereocenters. The molecule has 1 fully saturated rings. The lowest BCUT2D eigenvalue weighted by Gasteiger charge is -2.19. The first kappa shape index (κ1) is 14.4. The predicted molar refractivity (Wildman–Crippen MR) is 65.1 cm³/mol. The van der Waals surface area contributed by atoms with Gasteiger partial charge in [0.05, 0.1) is 12.9 Å². The number of hydrogen-bond donors (Lipinski definition) is 0. The summed E-state index contributed by atoms with van der Waals surface area (Å²) in [4.78, 5) is 10.9. The van der Waals surface area contributed by atoms with E-state index in [9.17, 15) is 13.2 Å². The van der Waals surface area contributed by atoms with E-state index in [2.05, 4.69) is 4.74 Å². The average molecular weight is 263 g/mol. The Bertz CT molecular complexity index is 331. The van der Waals surface area contributed by atoms with Crippen LogP contribution in [0.5, 0.6) is 0 Å². The molecule has 100 valence electrons. The van der Waals surface area contributed by atoms with Gasteiger partial charge in [-0.3, -0.25) is 4.79 Å². The van der Waals surface area contributed by atoms with Crippen molar-refractivity contribution in [2.45, 2.75) is 38.5 Å². The van der Waals surface area contributed by atoms with E-state index in [0.29, 0.717) is 19.5 Å². The van der Waals surface area contributed by atoms with Crippen LogP contribution < -0.4 is 0 Å². The largest absolute Gasteiger partial charge is 0.469 e. The van der Waals surface area contributed by atoms with Gasteiger partial charge in [-0.2, -0.15) is 0 Å². The quantitative estimate of drug-likeness (QED) is 0.698. The molecule has 0 N–H and O–H groups in total. The zero-order chi connectivity index (χ0) is 12.7. The van der Waals surface area contributed by atoms with Crippen molar-refractivity contribution in [3.05, 3.63) is 0 Å². The van der Waals surface area contributed by atoms with Crippen molar-refractivity contribution in [1.29, 1.82) is 0 Å². The first-order chi connectivity index (χ1) is 8.06. The minimum Gasteiger partial charge on any atom is -0.469 e. The third-order valence-corrected chi connectivity index (χ3v) is 4.93. The third-order valence-electron chi connectivity index (χ3n) is 2.97. The molecule has 1 aliphatic heterocycles. The zero-order valence-corrected chi connectivity index (χ0v) is 11.2. The molecule has 0 radical (unpaired) electrons. The molecule has 0 bridgehead atoms. The number of hydrogen-bond acceptors (Lipinski definition) is 4. The van der Waals surface area contributed by atoms with Crippen molar-refractivity contribution in [1.82, 2.24) is 4.31 Å². The van der Waals surface area contributed by atoms with Crippen LogP contribution in [-0.4, -0.2) is 44.6 Å². The van der Waals surface area contributed by atoms with Crippen LogP contribution in [0.1, 0.15) is 38.5 Å². The number of nitrogens with zero attached hydrogens (tertiary/aromatic N) is 1. The maximum absolute atomic E-state index is 12.0. The molecule has 1 aliphatic rings. The number of esters is 1. The Hall–Kier alpha value is -0.620. The molecule has 0 saturated carbocycles. The molecule has 0 aromatic rings. The maximum atomic E-state index is 12.0. The summed E-state index contributed by atoms with van der Waals surface area (Å²) < 4.78 is 30.0. The summed E-state index contributed by atoms with van der Waals surface area (Å²) >= 11 is 0. The molecular weight excluding hydrogens is 242 g/mol. The average Bonchev–Trinajstić information content (AvgIpc) is 2.57. The van der Waals surface area contributed by atoms with E-state index < -0.39 is 10.0 Å². The molecule has 0 aromatic carbocycles. The van der Waals surface area contributed by atoms with Gasteiger partial charge < -0.3 is 4.74 Å². The van der Waals surface area contributed by atoms with Gasteiger partial charge in [-0.25, -0.2) is 12.7 Å². The fourth-order valence-corrected chi connectivity index (χ4v) is 3.53. The fraction of sp³-hybridized carbons (Fsp3) is 0.909. The number of methoxy groups -OCH3 is 1. The van der Waals surface area contributed by atoms with Crippen molar-refractivity contribution in [2.75, 3.05) is 26.0 Å². The van der Waals surface area contributed by atoms with Gasteiger partial charge in [-0.05, 0) is 19.3 Å². The Morgan fingerprint density at radius 1 is 1.18 bits per heavy atom. The molecule has 1 saturated heterocycles. The second-order valence-electron chi connectivity index (χ2n) is 4.31. The van der Waals surface area contributed by atoms with E-state index in [0.717, 1.165) is 25.7 Å². The monoisotopic (exact) mass is 263 g/mol. The Morgan fingerprint density at radius 2 is 1.76 bits per heavy atom. The molecule has 0 aromatic heterocycles.